The zero-order valence-corrected chi connectivity index (χ0v) is 13.8. The van der Waals surface area contributed by atoms with Crippen molar-refractivity contribution in [2.45, 2.75) is 46.0 Å². The van der Waals surface area contributed by atoms with Gasteiger partial charge in [-0.2, -0.15) is 0 Å². The first-order chi connectivity index (χ1) is 10.1. The number of anilines is 1. The highest BCUT2D eigenvalue weighted by molar-refractivity contribution is 5.79. The highest BCUT2D eigenvalue weighted by Gasteiger charge is 2.22. The van der Waals surface area contributed by atoms with Crippen LogP contribution in [-0.2, 0) is 0 Å². The number of rotatable bonds is 5. The van der Waals surface area contributed by atoms with Gasteiger partial charge >= 0.3 is 0 Å². The van der Waals surface area contributed by atoms with Crippen LogP contribution in [0.2, 0.25) is 0 Å². The molecule has 0 amide bonds. The van der Waals surface area contributed by atoms with E-state index < -0.39 is 0 Å². The fraction of sp³-hybridized carbons (Fsp3) is 0.500. The van der Waals surface area contributed by atoms with Gasteiger partial charge in [0.2, 0.25) is 0 Å². The Morgan fingerprint density at radius 2 is 2.05 bits per heavy atom. The molecule has 112 valence electrons. The lowest BCUT2D eigenvalue weighted by Gasteiger charge is -2.30. The van der Waals surface area contributed by atoms with Crippen molar-refractivity contribution in [2.24, 2.45) is 5.92 Å². The summed E-state index contributed by atoms with van der Waals surface area (Å²) in [7, 11) is 2.13. The maximum atomic E-state index is 5.70. The third kappa shape index (κ3) is 3.16. The molecule has 0 radical (unpaired) electrons. The topological polar surface area (TPSA) is 3.24 Å². The molecule has 0 aromatic heterocycles. The molecule has 0 spiro atoms. The van der Waals surface area contributed by atoms with Crippen LogP contribution in [0.5, 0.6) is 0 Å². The third-order valence-corrected chi connectivity index (χ3v) is 4.77. The molecule has 1 aromatic rings. The second-order valence-electron chi connectivity index (χ2n) is 6.25. The van der Waals surface area contributed by atoms with Gasteiger partial charge in [0.1, 0.15) is 0 Å². The molecule has 1 heterocycles. The van der Waals surface area contributed by atoms with Crippen LogP contribution in [0.4, 0.5) is 5.69 Å². The fourth-order valence-corrected chi connectivity index (χ4v) is 3.27. The van der Waals surface area contributed by atoms with E-state index in [1.165, 1.54) is 36.1 Å². The lowest BCUT2D eigenvalue weighted by molar-refractivity contribution is 0.446. The molecule has 1 nitrogen and oxygen atoms in total. The summed E-state index contributed by atoms with van der Waals surface area (Å²) >= 11 is 0. The number of terminal acetylenes is 1. The monoisotopic (exact) mass is 281 g/mol. The van der Waals surface area contributed by atoms with Gasteiger partial charge in [-0.1, -0.05) is 51.3 Å². The maximum Gasteiger partial charge on any atom is 0.0601 e. The predicted molar refractivity (Wildman–Crippen MR) is 93.8 cm³/mol. The average Bonchev–Trinajstić information content (AvgIpc) is 2.51. The van der Waals surface area contributed by atoms with Crippen LogP contribution in [-0.4, -0.2) is 13.6 Å². The smallest absolute Gasteiger partial charge is 0.0601 e. The van der Waals surface area contributed by atoms with Crippen LogP contribution in [0.15, 0.2) is 18.2 Å². The van der Waals surface area contributed by atoms with E-state index in [4.69, 9.17) is 6.42 Å². The largest absolute Gasteiger partial charge is 0.369 e. The molecule has 0 fully saturated rings. The third-order valence-electron chi connectivity index (χ3n) is 4.77. The Hall–Kier alpha value is -1.68. The Balaban J connectivity index is 2.48. The number of hydrogen-bond acceptors (Lipinski definition) is 1. The number of hydrogen-bond donors (Lipinski definition) is 0. The summed E-state index contributed by atoms with van der Waals surface area (Å²) in [6, 6.07) is 4.39. The molecule has 2 rings (SSSR count). The first-order valence-electron chi connectivity index (χ1n) is 8.13. The Labute approximate surface area is 130 Å². The molecule has 0 bridgehead atoms. The Kier molecular flexibility index (Phi) is 5.12. The minimum Gasteiger partial charge on any atom is -0.369 e. The minimum atomic E-state index is 0.622. The maximum absolute atomic E-state index is 5.70. The quantitative estimate of drug-likeness (QED) is 0.682. The Morgan fingerprint density at radius 1 is 1.29 bits per heavy atom. The van der Waals surface area contributed by atoms with Crippen molar-refractivity contribution in [3.05, 3.63) is 34.9 Å². The van der Waals surface area contributed by atoms with Crippen LogP contribution < -0.4 is 4.90 Å². The van der Waals surface area contributed by atoms with Crippen LogP contribution in [0, 0.1) is 18.3 Å². The van der Waals surface area contributed by atoms with E-state index in [0.29, 0.717) is 5.92 Å². The van der Waals surface area contributed by atoms with Crippen LogP contribution in [0.3, 0.4) is 0 Å². The molecule has 0 saturated carbocycles. The average molecular weight is 281 g/mol. The van der Waals surface area contributed by atoms with Gasteiger partial charge < -0.3 is 4.90 Å². The van der Waals surface area contributed by atoms with Crippen molar-refractivity contribution in [2.75, 3.05) is 18.5 Å². The number of benzene rings is 1. The molecule has 0 N–H and O–H groups in total. The highest BCUT2D eigenvalue weighted by Crippen LogP contribution is 2.38. The molecule has 1 aliphatic heterocycles. The Bertz CT molecular complexity index is 562. The lowest BCUT2D eigenvalue weighted by atomic mass is 9.82. The van der Waals surface area contributed by atoms with E-state index in [0.717, 1.165) is 18.0 Å². The molecule has 1 aromatic carbocycles. The molecule has 0 aliphatic carbocycles. The number of fused-ring (bicyclic) bond motifs is 1. The predicted octanol–water partition coefficient (Wildman–Crippen LogP) is 5.06. The van der Waals surface area contributed by atoms with Crippen molar-refractivity contribution in [1.82, 2.24) is 0 Å². The van der Waals surface area contributed by atoms with Crippen molar-refractivity contribution >= 4 is 11.8 Å². The van der Waals surface area contributed by atoms with E-state index in [-0.39, 0.29) is 0 Å². The van der Waals surface area contributed by atoms with Gasteiger partial charge in [0, 0.05) is 24.7 Å². The first-order valence-corrected chi connectivity index (χ1v) is 8.13. The van der Waals surface area contributed by atoms with E-state index in [2.05, 4.69) is 62.9 Å². The summed E-state index contributed by atoms with van der Waals surface area (Å²) < 4.78 is 0. The van der Waals surface area contributed by atoms with Gasteiger partial charge in [-0.05, 0) is 36.3 Å². The van der Waals surface area contributed by atoms with E-state index >= 15 is 0 Å². The summed E-state index contributed by atoms with van der Waals surface area (Å²) in [4.78, 5) is 2.27. The molecular formula is C20H27N. The molecule has 21 heavy (non-hydrogen) atoms. The molecular weight excluding hydrogens is 254 g/mol. The van der Waals surface area contributed by atoms with E-state index in [1.807, 2.05) is 0 Å². The Morgan fingerprint density at radius 3 is 2.67 bits per heavy atom. The summed E-state index contributed by atoms with van der Waals surface area (Å²) in [5.41, 5.74) is 5.06. The lowest BCUT2D eigenvalue weighted by Crippen LogP contribution is -2.23. The minimum absolute atomic E-state index is 0.622. The second-order valence-corrected chi connectivity index (χ2v) is 6.25. The van der Waals surface area contributed by atoms with Crippen molar-refractivity contribution in [3.8, 4) is 12.3 Å². The van der Waals surface area contributed by atoms with Gasteiger partial charge in [0.25, 0.3) is 0 Å². The van der Waals surface area contributed by atoms with Crippen LogP contribution >= 0.6 is 0 Å². The summed E-state index contributed by atoms with van der Waals surface area (Å²) in [6.07, 6.45) is 13.9. The highest BCUT2D eigenvalue weighted by atomic mass is 15.1. The fourth-order valence-electron chi connectivity index (χ4n) is 3.27. The van der Waals surface area contributed by atoms with Crippen molar-refractivity contribution in [1.29, 1.82) is 0 Å². The van der Waals surface area contributed by atoms with Crippen LogP contribution in [0.25, 0.3) is 6.08 Å². The normalized spacial score (nSPS) is 16.2. The molecule has 0 saturated heterocycles. The van der Waals surface area contributed by atoms with Gasteiger partial charge in [0.05, 0.1) is 5.69 Å². The molecule has 2 unspecified atom stereocenters. The van der Waals surface area contributed by atoms with Gasteiger partial charge in [-0.15, -0.1) is 6.42 Å². The van der Waals surface area contributed by atoms with Gasteiger partial charge in [0.15, 0.2) is 0 Å². The summed E-state index contributed by atoms with van der Waals surface area (Å²) in [5.74, 6) is 4.23. The molecule has 2 atom stereocenters. The standard InChI is InChI=1S/C20H27N/c1-6-15(4)14-17(8-3)18-12-11-16(7-2)20-19(18)10-9-13-21(20)5/h2,9-12,15,17H,6,8,13-14H2,1,3-5H3. The van der Waals surface area contributed by atoms with Crippen molar-refractivity contribution < 1.29 is 0 Å². The van der Waals surface area contributed by atoms with Crippen molar-refractivity contribution in [3.63, 3.8) is 0 Å². The van der Waals surface area contributed by atoms with E-state index in [9.17, 15) is 0 Å². The SMILES string of the molecule is C#Cc1ccc(C(CC)CC(C)CC)c2c1N(C)CC=C2. The first kappa shape index (κ1) is 15.7. The zero-order valence-electron chi connectivity index (χ0n) is 13.8. The van der Waals surface area contributed by atoms with Gasteiger partial charge in [-0.25, -0.2) is 0 Å². The van der Waals surface area contributed by atoms with Gasteiger partial charge in [-0.3, -0.25) is 0 Å². The second kappa shape index (κ2) is 6.85. The van der Waals surface area contributed by atoms with E-state index in [1.54, 1.807) is 0 Å². The number of nitrogens with zero attached hydrogens (tertiary/aromatic N) is 1. The molecule has 1 heteroatoms. The zero-order chi connectivity index (χ0) is 15.4. The summed E-state index contributed by atoms with van der Waals surface area (Å²) in [5, 5.41) is 0. The van der Waals surface area contributed by atoms with Crippen LogP contribution in [0.1, 0.15) is 62.6 Å². The summed E-state index contributed by atoms with van der Waals surface area (Å²) in [6.45, 7) is 7.87. The molecule has 1 aliphatic rings. The number of likely N-dealkylation sites (N-methyl/N-ethyl adjacent to an activating group) is 1.